The molecule has 0 bridgehead atoms. The normalized spacial score (nSPS) is 11.5. The van der Waals surface area contributed by atoms with E-state index in [0.717, 1.165) is 5.56 Å². The second-order valence-corrected chi connectivity index (χ2v) is 6.89. The van der Waals surface area contributed by atoms with E-state index in [1.54, 1.807) is 36.4 Å². The molecule has 2 aromatic carbocycles. The molecule has 0 atom stereocenters. The van der Waals surface area contributed by atoms with Crippen molar-refractivity contribution in [1.29, 1.82) is 0 Å². The van der Waals surface area contributed by atoms with E-state index in [9.17, 15) is 12.8 Å². The number of rotatable bonds is 5. The molecule has 0 fully saturated rings. The molecule has 0 heterocycles. The van der Waals surface area contributed by atoms with Gasteiger partial charge in [0, 0.05) is 30.6 Å². The summed E-state index contributed by atoms with van der Waals surface area (Å²) in [5, 5.41) is 3.11. The van der Waals surface area contributed by atoms with Crippen molar-refractivity contribution in [2.24, 2.45) is 0 Å². The maximum Gasteiger partial charge on any atom is 0.175 e. The molecule has 2 aromatic rings. The van der Waals surface area contributed by atoms with Gasteiger partial charge < -0.3 is 11.1 Å². The van der Waals surface area contributed by atoms with Crippen LogP contribution in [0.2, 0.25) is 0 Å². The molecule has 3 N–H and O–H groups in total. The summed E-state index contributed by atoms with van der Waals surface area (Å²) in [5.74, 6) is -0.338. The minimum atomic E-state index is -3.17. The van der Waals surface area contributed by atoms with Crippen LogP contribution in [0.25, 0.3) is 0 Å². The van der Waals surface area contributed by atoms with E-state index in [4.69, 9.17) is 5.73 Å². The number of nitrogen functional groups attached to an aromatic ring is 1. The summed E-state index contributed by atoms with van der Waals surface area (Å²) < 4.78 is 36.3. The molecule has 2 rings (SSSR count). The van der Waals surface area contributed by atoms with Gasteiger partial charge in [-0.2, -0.15) is 0 Å². The highest BCUT2D eigenvalue weighted by Gasteiger charge is 2.06. The van der Waals surface area contributed by atoms with E-state index < -0.39 is 9.84 Å². The van der Waals surface area contributed by atoms with Gasteiger partial charge in [-0.1, -0.05) is 18.2 Å². The van der Waals surface area contributed by atoms with E-state index in [2.05, 4.69) is 5.32 Å². The Balaban J connectivity index is 1.94. The van der Waals surface area contributed by atoms with Gasteiger partial charge in [0.05, 0.1) is 4.90 Å². The van der Waals surface area contributed by atoms with Crippen molar-refractivity contribution in [2.45, 2.75) is 18.0 Å². The number of hydrogen-bond donors (Lipinski definition) is 2. The number of sulfone groups is 1. The molecule has 0 aliphatic rings. The Morgan fingerprint density at radius 2 is 1.76 bits per heavy atom. The first-order valence-electron chi connectivity index (χ1n) is 6.40. The van der Waals surface area contributed by atoms with Gasteiger partial charge >= 0.3 is 0 Å². The summed E-state index contributed by atoms with van der Waals surface area (Å²) in [5.41, 5.74) is 7.35. The van der Waals surface area contributed by atoms with Crippen molar-refractivity contribution in [3.05, 3.63) is 59.4 Å². The van der Waals surface area contributed by atoms with Crippen molar-refractivity contribution >= 4 is 15.5 Å². The zero-order valence-electron chi connectivity index (χ0n) is 11.6. The van der Waals surface area contributed by atoms with Gasteiger partial charge in [-0.15, -0.1) is 0 Å². The van der Waals surface area contributed by atoms with E-state index in [1.165, 1.54) is 12.3 Å². The quantitative estimate of drug-likeness (QED) is 0.830. The molecule has 0 saturated heterocycles. The van der Waals surface area contributed by atoms with Crippen LogP contribution in [0.3, 0.4) is 0 Å². The third kappa shape index (κ3) is 4.27. The van der Waals surface area contributed by atoms with Gasteiger partial charge in [0.1, 0.15) is 5.82 Å². The molecule has 4 nitrogen and oxygen atoms in total. The molecule has 0 spiro atoms. The van der Waals surface area contributed by atoms with Gasteiger partial charge in [-0.3, -0.25) is 0 Å². The Labute approximate surface area is 123 Å². The van der Waals surface area contributed by atoms with Crippen LogP contribution in [0.5, 0.6) is 0 Å². The van der Waals surface area contributed by atoms with Crippen LogP contribution in [-0.2, 0) is 22.9 Å². The van der Waals surface area contributed by atoms with Crippen molar-refractivity contribution < 1.29 is 12.8 Å². The standard InChI is InChI=1S/C15H17FN2O2S/c1-21(19,20)14-6-2-11(3-7-14)9-18-10-12-4-5-13(17)8-15(12)16/h2-8,18H,9-10,17H2,1H3. The molecule has 0 radical (unpaired) electrons. The molecule has 112 valence electrons. The summed E-state index contributed by atoms with van der Waals surface area (Å²) in [4.78, 5) is 0.288. The molecule has 0 aliphatic heterocycles. The van der Waals surface area contributed by atoms with Crippen molar-refractivity contribution in [3.8, 4) is 0 Å². The molecule has 6 heteroatoms. The zero-order valence-corrected chi connectivity index (χ0v) is 12.5. The van der Waals surface area contributed by atoms with E-state index in [1.807, 2.05) is 0 Å². The molecule has 0 aromatic heterocycles. The van der Waals surface area contributed by atoms with Crippen molar-refractivity contribution in [2.75, 3.05) is 12.0 Å². The SMILES string of the molecule is CS(=O)(=O)c1ccc(CNCc2ccc(N)cc2F)cc1. The third-order valence-electron chi connectivity index (χ3n) is 3.07. The largest absolute Gasteiger partial charge is 0.399 e. The average molecular weight is 308 g/mol. The van der Waals surface area contributed by atoms with Crippen LogP contribution >= 0.6 is 0 Å². The molecule has 0 aliphatic carbocycles. The van der Waals surface area contributed by atoms with Gasteiger partial charge in [0.2, 0.25) is 0 Å². The molecular weight excluding hydrogens is 291 g/mol. The first-order chi connectivity index (χ1) is 9.86. The fourth-order valence-corrected chi connectivity index (χ4v) is 2.53. The highest BCUT2D eigenvalue weighted by molar-refractivity contribution is 7.90. The minimum Gasteiger partial charge on any atom is -0.399 e. The van der Waals surface area contributed by atoms with Crippen molar-refractivity contribution in [1.82, 2.24) is 5.32 Å². The Morgan fingerprint density at radius 1 is 1.10 bits per heavy atom. The Bertz CT molecular complexity index is 728. The van der Waals surface area contributed by atoms with E-state index in [0.29, 0.717) is 24.3 Å². The van der Waals surface area contributed by atoms with Crippen LogP contribution in [0.4, 0.5) is 10.1 Å². The van der Waals surface area contributed by atoms with E-state index >= 15 is 0 Å². The third-order valence-corrected chi connectivity index (χ3v) is 4.20. The smallest absolute Gasteiger partial charge is 0.175 e. The van der Waals surface area contributed by atoms with Gasteiger partial charge in [0.25, 0.3) is 0 Å². The first-order valence-corrected chi connectivity index (χ1v) is 8.29. The van der Waals surface area contributed by atoms with Crippen LogP contribution in [0.1, 0.15) is 11.1 Å². The van der Waals surface area contributed by atoms with Gasteiger partial charge in [-0.25, -0.2) is 12.8 Å². The fourth-order valence-electron chi connectivity index (χ4n) is 1.90. The van der Waals surface area contributed by atoms with E-state index in [-0.39, 0.29) is 10.7 Å². The average Bonchev–Trinajstić information content (AvgIpc) is 2.41. The number of halogens is 1. The molecule has 0 unspecified atom stereocenters. The lowest BCUT2D eigenvalue weighted by Gasteiger charge is -2.07. The number of nitrogens with two attached hydrogens (primary N) is 1. The number of nitrogens with one attached hydrogen (secondary N) is 1. The fraction of sp³-hybridized carbons (Fsp3) is 0.200. The van der Waals surface area contributed by atoms with Crippen LogP contribution < -0.4 is 11.1 Å². The van der Waals surface area contributed by atoms with Crippen LogP contribution in [0.15, 0.2) is 47.4 Å². The lowest BCUT2D eigenvalue weighted by Crippen LogP contribution is -2.14. The Kier molecular flexibility index (Phi) is 4.59. The lowest BCUT2D eigenvalue weighted by molar-refractivity contribution is 0.588. The Morgan fingerprint density at radius 3 is 2.33 bits per heavy atom. The number of anilines is 1. The van der Waals surface area contributed by atoms with Crippen molar-refractivity contribution in [3.63, 3.8) is 0 Å². The number of benzene rings is 2. The molecular formula is C15H17FN2O2S. The van der Waals surface area contributed by atoms with Crippen LogP contribution in [-0.4, -0.2) is 14.7 Å². The highest BCUT2D eigenvalue weighted by Crippen LogP contribution is 2.13. The minimum absolute atomic E-state index is 0.288. The monoisotopic (exact) mass is 308 g/mol. The summed E-state index contributed by atoms with van der Waals surface area (Å²) in [6.45, 7) is 0.897. The predicted octanol–water partition coefficient (Wildman–Crippen LogP) is 2.10. The second-order valence-electron chi connectivity index (χ2n) is 4.87. The van der Waals surface area contributed by atoms with Crippen LogP contribution in [0, 0.1) is 5.82 Å². The maximum atomic E-state index is 13.6. The molecule has 0 saturated carbocycles. The zero-order chi connectivity index (χ0) is 15.5. The topological polar surface area (TPSA) is 72.2 Å². The highest BCUT2D eigenvalue weighted by atomic mass is 32.2. The first kappa shape index (κ1) is 15.5. The molecule has 21 heavy (non-hydrogen) atoms. The van der Waals surface area contributed by atoms with Gasteiger partial charge in [0.15, 0.2) is 9.84 Å². The Hall–Kier alpha value is -1.92. The number of hydrogen-bond acceptors (Lipinski definition) is 4. The maximum absolute atomic E-state index is 13.6. The molecule has 0 amide bonds. The summed E-state index contributed by atoms with van der Waals surface area (Å²) in [6.07, 6.45) is 1.17. The second kappa shape index (κ2) is 6.24. The predicted molar refractivity (Wildman–Crippen MR) is 80.9 cm³/mol. The summed E-state index contributed by atoms with van der Waals surface area (Å²) >= 11 is 0. The summed E-state index contributed by atoms with van der Waals surface area (Å²) in [6, 6.07) is 11.2. The van der Waals surface area contributed by atoms with Gasteiger partial charge in [-0.05, 0) is 29.8 Å². The lowest BCUT2D eigenvalue weighted by atomic mass is 10.2. The summed E-state index contributed by atoms with van der Waals surface area (Å²) in [7, 11) is -3.17.